The van der Waals surface area contributed by atoms with E-state index >= 15 is 0 Å². The minimum Gasteiger partial charge on any atom is -0.454 e. The number of benzene rings is 2. The Morgan fingerprint density at radius 3 is 2.61 bits per heavy atom. The van der Waals surface area contributed by atoms with Gasteiger partial charge in [-0.05, 0) is 42.5 Å². The third kappa shape index (κ3) is 3.00. The molecule has 2 heterocycles. The van der Waals surface area contributed by atoms with Crippen LogP contribution >= 0.6 is 0 Å². The highest BCUT2D eigenvalue weighted by Crippen LogP contribution is 2.59. The predicted octanol–water partition coefficient (Wildman–Crippen LogP) is 2.88. The van der Waals surface area contributed by atoms with E-state index in [4.69, 9.17) is 10.5 Å². The SMILES string of the molecule is CCC(C)c1ccc2c(c1)OC1(O)c3cccc(N)c3C(=O)C21NC(=O)c1[nH]cc(S(C)(=O)=O)c1C. The molecular formula is C26H27N3O6S. The Hall–Kier alpha value is -3.63. The number of aromatic nitrogens is 1. The number of nitrogens with one attached hydrogen (secondary N) is 2. The van der Waals surface area contributed by atoms with E-state index in [1.165, 1.54) is 19.2 Å². The Morgan fingerprint density at radius 2 is 1.97 bits per heavy atom. The Balaban J connectivity index is 1.70. The third-order valence-corrected chi connectivity index (χ3v) is 8.63. The van der Waals surface area contributed by atoms with Gasteiger partial charge in [-0.25, -0.2) is 8.42 Å². The second-order valence-corrected chi connectivity index (χ2v) is 11.5. The summed E-state index contributed by atoms with van der Waals surface area (Å²) in [4.78, 5) is 30.3. The van der Waals surface area contributed by atoms with Gasteiger partial charge in [0.05, 0.1) is 10.5 Å². The maximum atomic E-state index is 14.0. The number of anilines is 1. The van der Waals surface area contributed by atoms with Gasteiger partial charge in [-0.3, -0.25) is 9.59 Å². The molecule has 9 nitrogen and oxygen atoms in total. The van der Waals surface area contributed by atoms with Crippen molar-refractivity contribution in [3.05, 3.63) is 76.1 Å². The molecule has 0 fully saturated rings. The lowest BCUT2D eigenvalue weighted by Gasteiger charge is -2.34. The fourth-order valence-electron chi connectivity index (χ4n) is 5.26. The lowest BCUT2D eigenvalue weighted by Crippen LogP contribution is -2.60. The number of sulfone groups is 1. The number of aliphatic hydroxyl groups is 1. The minimum absolute atomic E-state index is 0.0352. The smallest absolute Gasteiger partial charge is 0.271 e. The van der Waals surface area contributed by atoms with E-state index < -0.39 is 32.9 Å². The first kappa shape index (κ1) is 24.1. The molecule has 1 aliphatic heterocycles. The number of hydrogen-bond acceptors (Lipinski definition) is 7. The number of ether oxygens (including phenoxy) is 1. The number of aromatic amines is 1. The number of fused-ring (bicyclic) bond motifs is 5. The number of ketones is 1. The van der Waals surface area contributed by atoms with Crippen molar-refractivity contribution >= 4 is 27.2 Å². The standard InChI is InChI=1S/C26H27N3O6S/c1-5-13(2)15-9-10-16-19(11-15)35-26(32)17-7-6-8-18(27)21(17)23(30)25(16,26)29-24(31)22-14(3)20(12-28-22)36(4,33)34/h6-13,28,32H,5,27H2,1-4H3,(H,29,31). The van der Waals surface area contributed by atoms with Crippen molar-refractivity contribution in [3.8, 4) is 5.75 Å². The van der Waals surface area contributed by atoms with E-state index in [-0.39, 0.29) is 44.6 Å². The molecule has 0 bridgehead atoms. The number of Topliss-reactive ketones (excluding diaryl/α,β-unsaturated/α-hetero) is 1. The highest BCUT2D eigenvalue weighted by atomic mass is 32.2. The molecular weight excluding hydrogens is 482 g/mol. The van der Waals surface area contributed by atoms with E-state index in [1.54, 1.807) is 24.3 Å². The van der Waals surface area contributed by atoms with Crippen molar-refractivity contribution < 1.29 is 27.9 Å². The van der Waals surface area contributed by atoms with Crippen LogP contribution in [0, 0.1) is 6.92 Å². The third-order valence-electron chi connectivity index (χ3n) is 7.41. The van der Waals surface area contributed by atoms with Crippen molar-refractivity contribution in [2.75, 3.05) is 12.0 Å². The molecule has 3 atom stereocenters. The monoisotopic (exact) mass is 509 g/mol. The fraction of sp³-hybridized carbons (Fsp3) is 0.308. The first-order valence-electron chi connectivity index (χ1n) is 11.6. The van der Waals surface area contributed by atoms with Crippen LogP contribution < -0.4 is 15.8 Å². The van der Waals surface area contributed by atoms with Gasteiger partial charge in [0.15, 0.2) is 9.84 Å². The quantitative estimate of drug-likeness (QED) is 0.386. The van der Waals surface area contributed by atoms with Crippen LogP contribution in [-0.4, -0.2) is 36.5 Å². The lowest BCUT2D eigenvalue weighted by atomic mass is 9.82. The molecule has 2 aliphatic rings. The zero-order valence-corrected chi connectivity index (χ0v) is 21.1. The molecule has 5 N–H and O–H groups in total. The summed E-state index contributed by atoms with van der Waals surface area (Å²) in [5, 5.41) is 14.7. The maximum Gasteiger partial charge on any atom is 0.271 e. The number of nitrogens with two attached hydrogens (primary N) is 1. The summed E-state index contributed by atoms with van der Waals surface area (Å²) in [6.45, 7) is 5.60. The van der Waals surface area contributed by atoms with Crippen LogP contribution in [0.4, 0.5) is 5.69 Å². The Labute approximate surface area is 208 Å². The number of amides is 1. The zero-order valence-electron chi connectivity index (χ0n) is 20.3. The molecule has 1 aromatic heterocycles. The summed E-state index contributed by atoms with van der Waals surface area (Å²) < 4.78 is 30.3. The number of nitrogen functional groups attached to an aromatic ring is 1. The van der Waals surface area contributed by atoms with Gasteiger partial charge in [0.2, 0.25) is 11.3 Å². The number of carbonyl (C=O) groups excluding carboxylic acids is 2. The van der Waals surface area contributed by atoms with Gasteiger partial charge in [-0.1, -0.05) is 38.1 Å². The van der Waals surface area contributed by atoms with Crippen molar-refractivity contribution in [2.45, 2.75) is 49.3 Å². The van der Waals surface area contributed by atoms with E-state index in [9.17, 15) is 23.1 Å². The topological polar surface area (TPSA) is 152 Å². The normalized spacial score (nSPS) is 23.0. The Kier molecular flexibility index (Phi) is 5.14. The number of H-pyrrole nitrogens is 1. The van der Waals surface area contributed by atoms with Crippen LogP contribution in [0.25, 0.3) is 0 Å². The maximum absolute atomic E-state index is 14.0. The molecule has 2 aromatic carbocycles. The van der Waals surface area contributed by atoms with E-state index in [0.717, 1.165) is 18.2 Å². The highest BCUT2D eigenvalue weighted by molar-refractivity contribution is 7.90. The van der Waals surface area contributed by atoms with E-state index in [0.29, 0.717) is 5.56 Å². The molecule has 0 spiro atoms. The van der Waals surface area contributed by atoms with Gasteiger partial charge >= 0.3 is 0 Å². The first-order chi connectivity index (χ1) is 16.9. The van der Waals surface area contributed by atoms with Crippen LogP contribution in [0.2, 0.25) is 0 Å². The molecule has 3 unspecified atom stereocenters. The summed E-state index contributed by atoms with van der Waals surface area (Å²) in [7, 11) is -3.60. The second-order valence-electron chi connectivity index (χ2n) is 9.54. The average Bonchev–Trinajstić information content (AvgIpc) is 3.39. The van der Waals surface area contributed by atoms with E-state index in [1.807, 2.05) is 6.07 Å². The molecule has 1 aliphatic carbocycles. The predicted molar refractivity (Wildman–Crippen MR) is 133 cm³/mol. The van der Waals surface area contributed by atoms with Crippen LogP contribution in [-0.2, 0) is 21.2 Å². The van der Waals surface area contributed by atoms with Gasteiger partial charge in [-0.2, -0.15) is 0 Å². The van der Waals surface area contributed by atoms with Gasteiger partial charge in [0.1, 0.15) is 11.4 Å². The van der Waals surface area contributed by atoms with Gasteiger partial charge in [0.25, 0.3) is 11.7 Å². The fourth-order valence-corrected chi connectivity index (χ4v) is 6.19. The molecule has 10 heteroatoms. The van der Waals surface area contributed by atoms with Crippen LogP contribution in [0.1, 0.15) is 69.3 Å². The molecule has 0 radical (unpaired) electrons. The lowest BCUT2D eigenvalue weighted by molar-refractivity contribution is -0.169. The van der Waals surface area contributed by atoms with Gasteiger partial charge in [-0.15, -0.1) is 0 Å². The molecule has 3 aromatic rings. The molecule has 0 saturated carbocycles. The van der Waals surface area contributed by atoms with Crippen LogP contribution in [0.5, 0.6) is 5.75 Å². The summed E-state index contributed by atoms with van der Waals surface area (Å²) in [6.07, 6.45) is 3.14. The highest BCUT2D eigenvalue weighted by Gasteiger charge is 2.72. The largest absolute Gasteiger partial charge is 0.454 e. The van der Waals surface area contributed by atoms with Crippen molar-refractivity contribution in [3.63, 3.8) is 0 Å². The number of hydrogen-bond donors (Lipinski definition) is 4. The van der Waals surface area contributed by atoms with Crippen LogP contribution in [0.15, 0.2) is 47.5 Å². The molecule has 36 heavy (non-hydrogen) atoms. The molecule has 5 rings (SSSR count). The summed E-state index contributed by atoms with van der Waals surface area (Å²) in [5.74, 6) is -3.18. The van der Waals surface area contributed by atoms with Crippen molar-refractivity contribution in [1.29, 1.82) is 0 Å². The molecule has 0 saturated heterocycles. The first-order valence-corrected chi connectivity index (χ1v) is 13.5. The van der Waals surface area contributed by atoms with Gasteiger partial charge in [0, 0.05) is 29.3 Å². The average molecular weight is 510 g/mol. The molecule has 1 amide bonds. The Morgan fingerprint density at radius 1 is 1.25 bits per heavy atom. The number of carbonyl (C=O) groups is 2. The summed E-state index contributed by atoms with van der Waals surface area (Å²) >= 11 is 0. The Bertz CT molecular complexity index is 1560. The van der Waals surface area contributed by atoms with Crippen LogP contribution in [0.3, 0.4) is 0 Å². The van der Waals surface area contributed by atoms with Crippen molar-refractivity contribution in [2.24, 2.45) is 0 Å². The zero-order chi connectivity index (χ0) is 26.2. The van der Waals surface area contributed by atoms with Gasteiger partial charge < -0.3 is 25.9 Å². The second kappa shape index (κ2) is 7.68. The summed E-state index contributed by atoms with van der Waals surface area (Å²) in [5.41, 5.74) is 5.85. The summed E-state index contributed by atoms with van der Waals surface area (Å²) in [6, 6.07) is 9.98. The minimum atomic E-state index is -3.60. The molecule has 188 valence electrons. The van der Waals surface area contributed by atoms with E-state index in [2.05, 4.69) is 24.1 Å². The van der Waals surface area contributed by atoms with Crippen molar-refractivity contribution in [1.82, 2.24) is 10.3 Å². The number of rotatable bonds is 5.